The SMILES string of the molecule is CCOc1cc(CNCc2ccc(F)cc2)ccc1OCc1ccccc1C. The van der Waals surface area contributed by atoms with Crippen LogP contribution >= 0.6 is 0 Å². The Morgan fingerprint density at radius 3 is 2.29 bits per heavy atom. The van der Waals surface area contributed by atoms with Gasteiger partial charge in [-0.3, -0.25) is 0 Å². The Bertz CT molecular complexity index is 893. The fraction of sp³-hybridized carbons (Fsp3) is 0.250. The molecule has 0 fully saturated rings. The third-order valence-electron chi connectivity index (χ3n) is 4.52. The van der Waals surface area contributed by atoms with Crippen molar-refractivity contribution in [1.82, 2.24) is 5.32 Å². The molecule has 0 aliphatic heterocycles. The Morgan fingerprint density at radius 1 is 0.821 bits per heavy atom. The molecule has 4 heteroatoms. The second-order valence-corrected chi connectivity index (χ2v) is 6.66. The largest absolute Gasteiger partial charge is 0.490 e. The summed E-state index contributed by atoms with van der Waals surface area (Å²) in [6.07, 6.45) is 0. The van der Waals surface area contributed by atoms with E-state index in [2.05, 4.69) is 24.4 Å². The number of hydrogen-bond donors (Lipinski definition) is 1. The van der Waals surface area contributed by atoms with E-state index in [1.807, 2.05) is 37.3 Å². The number of nitrogens with one attached hydrogen (secondary N) is 1. The first-order valence-corrected chi connectivity index (χ1v) is 9.54. The molecular formula is C24H26FNO2. The van der Waals surface area contributed by atoms with Crippen LogP contribution in [0.4, 0.5) is 4.39 Å². The quantitative estimate of drug-likeness (QED) is 0.540. The smallest absolute Gasteiger partial charge is 0.161 e. The third-order valence-corrected chi connectivity index (χ3v) is 4.52. The van der Waals surface area contributed by atoms with Gasteiger partial charge in [-0.15, -0.1) is 0 Å². The second-order valence-electron chi connectivity index (χ2n) is 6.66. The molecule has 28 heavy (non-hydrogen) atoms. The van der Waals surface area contributed by atoms with Gasteiger partial charge in [-0.05, 0) is 60.4 Å². The summed E-state index contributed by atoms with van der Waals surface area (Å²) in [5, 5.41) is 3.37. The van der Waals surface area contributed by atoms with Gasteiger partial charge in [-0.25, -0.2) is 4.39 Å². The molecule has 0 saturated heterocycles. The lowest BCUT2D eigenvalue weighted by Crippen LogP contribution is -2.13. The van der Waals surface area contributed by atoms with Crippen molar-refractivity contribution in [2.75, 3.05) is 6.61 Å². The lowest BCUT2D eigenvalue weighted by molar-refractivity contribution is 0.268. The van der Waals surface area contributed by atoms with Crippen LogP contribution in [0.1, 0.15) is 29.2 Å². The summed E-state index contributed by atoms with van der Waals surface area (Å²) in [7, 11) is 0. The first-order valence-electron chi connectivity index (χ1n) is 9.54. The number of halogens is 1. The van der Waals surface area contributed by atoms with Crippen LogP contribution in [0.3, 0.4) is 0 Å². The van der Waals surface area contributed by atoms with Crippen molar-refractivity contribution in [3.8, 4) is 11.5 Å². The van der Waals surface area contributed by atoms with Gasteiger partial charge in [0.15, 0.2) is 11.5 Å². The molecule has 0 amide bonds. The normalized spacial score (nSPS) is 10.7. The van der Waals surface area contributed by atoms with E-state index in [1.165, 1.54) is 17.7 Å². The molecule has 0 heterocycles. The highest BCUT2D eigenvalue weighted by Crippen LogP contribution is 2.29. The van der Waals surface area contributed by atoms with Gasteiger partial charge in [0.25, 0.3) is 0 Å². The van der Waals surface area contributed by atoms with E-state index in [4.69, 9.17) is 9.47 Å². The number of aryl methyl sites for hydroxylation is 1. The van der Waals surface area contributed by atoms with Gasteiger partial charge in [0, 0.05) is 13.1 Å². The molecule has 3 aromatic rings. The Balaban J connectivity index is 1.61. The molecule has 0 saturated carbocycles. The highest BCUT2D eigenvalue weighted by Gasteiger charge is 2.08. The standard InChI is InChI=1S/C24H26FNO2/c1-3-27-24-14-20(16-26-15-19-8-11-22(25)12-9-19)10-13-23(24)28-17-21-7-5-4-6-18(21)2/h4-14,26H,3,15-17H2,1-2H3. The van der Waals surface area contributed by atoms with E-state index in [9.17, 15) is 4.39 Å². The van der Waals surface area contributed by atoms with Crippen molar-refractivity contribution < 1.29 is 13.9 Å². The van der Waals surface area contributed by atoms with Crippen LogP contribution in [0.25, 0.3) is 0 Å². The fourth-order valence-electron chi connectivity index (χ4n) is 2.93. The van der Waals surface area contributed by atoms with Gasteiger partial charge < -0.3 is 14.8 Å². The molecule has 3 aromatic carbocycles. The molecule has 3 nitrogen and oxygen atoms in total. The van der Waals surface area contributed by atoms with E-state index in [0.717, 1.165) is 28.2 Å². The first-order chi connectivity index (χ1) is 13.7. The lowest BCUT2D eigenvalue weighted by atomic mass is 10.1. The predicted octanol–water partition coefficient (Wildman–Crippen LogP) is 5.40. The number of hydrogen-bond acceptors (Lipinski definition) is 3. The average Bonchev–Trinajstić information content (AvgIpc) is 2.70. The summed E-state index contributed by atoms with van der Waals surface area (Å²) < 4.78 is 24.8. The van der Waals surface area contributed by atoms with Crippen LogP contribution in [-0.4, -0.2) is 6.61 Å². The molecule has 0 bridgehead atoms. The van der Waals surface area contributed by atoms with Crippen molar-refractivity contribution in [3.05, 3.63) is 94.8 Å². The first kappa shape index (κ1) is 19.9. The fourth-order valence-corrected chi connectivity index (χ4v) is 2.93. The number of ether oxygens (including phenoxy) is 2. The lowest BCUT2D eigenvalue weighted by Gasteiger charge is -2.14. The zero-order chi connectivity index (χ0) is 19.8. The Kier molecular flexibility index (Phi) is 7.04. The van der Waals surface area contributed by atoms with Crippen LogP contribution in [0.5, 0.6) is 11.5 Å². The topological polar surface area (TPSA) is 30.5 Å². The van der Waals surface area contributed by atoms with Gasteiger partial charge in [-0.1, -0.05) is 42.5 Å². The molecule has 0 radical (unpaired) electrons. The monoisotopic (exact) mass is 379 g/mol. The Morgan fingerprint density at radius 2 is 1.54 bits per heavy atom. The zero-order valence-corrected chi connectivity index (χ0v) is 16.4. The molecular weight excluding hydrogens is 353 g/mol. The van der Waals surface area contributed by atoms with Gasteiger partial charge >= 0.3 is 0 Å². The van der Waals surface area contributed by atoms with Crippen molar-refractivity contribution in [3.63, 3.8) is 0 Å². The molecule has 146 valence electrons. The minimum absolute atomic E-state index is 0.216. The van der Waals surface area contributed by atoms with Gasteiger partial charge in [0.05, 0.1) is 6.61 Å². The zero-order valence-electron chi connectivity index (χ0n) is 16.4. The van der Waals surface area contributed by atoms with Crippen LogP contribution in [0.2, 0.25) is 0 Å². The van der Waals surface area contributed by atoms with E-state index in [-0.39, 0.29) is 5.82 Å². The van der Waals surface area contributed by atoms with E-state index in [0.29, 0.717) is 26.3 Å². The highest BCUT2D eigenvalue weighted by molar-refractivity contribution is 5.43. The van der Waals surface area contributed by atoms with Crippen LogP contribution in [0.15, 0.2) is 66.7 Å². The van der Waals surface area contributed by atoms with Crippen molar-refractivity contribution >= 4 is 0 Å². The molecule has 0 aliphatic rings. The maximum atomic E-state index is 13.0. The maximum absolute atomic E-state index is 13.0. The van der Waals surface area contributed by atoms with Gasteiger partial charge in [0.2, 0.25) is 0 Å². The molecule has 0 aromatic heterocycles. The minimum Gasteiger partial charge on any atom is -0.490 e. The third kappa shape index (κ3) is 5.57. The van der Waals surface area contributed by atoms with Crippen molar-refractivity contribution in [1.29, 1.82) is 0 Å². The molecule has 3 rings (SSSR count). The average molecular weight is 379 g/mol. The Labute approximate surface area is 166 Å². The molecule has 0 spiro atoms. The van der Waals surface area contributed by atoms with Gasteiger partial charge in [-0.2, -0.15) is 0 Å². The van der Waals surface area contributed by atoms with Crippen LogP contribution < -0.4 is 14.8 Å². The Hall–Kier alpha value is -2.85. The second kappa shape index (κ2) is 9.90. The summed E-state index contributed by atoms with van der Waals surface area (Å²) in [4.78, 5) is 0. The van der Waals surface area contributed by atoms with E-state index < -0.39 is 0 Å². The summed E-state index contributed by atoms with van der Waals surface area (Å²) in [6.45, 7) is 6.50. The minimum atomic E-state index is -0.216. The summed E-state index contributed by atoms with van der Waals surface area (Å²) in [6, 6.07) is 20.7. The van der Waals surface area contributed by atoms with Crippen molar-refractivity contribution in [2.45, 2.75) is 33.5 Å². The molecule has 0 atom stereocenters. The molecule has 0 aliphatic carbocycles. The van der Waals surface area contributed by atoms with Crippen molar-refractivity contribution in [2.24, 2.45) is 0 Å². The molecule has 0 unspecified atom stereocenters. The summed E-state index contributed by atoms with van der Waals surface area (Å²) >= 11 is 0. The summed E-state index contributed by atoms with van der Waals surface area (Å²) in [5.74, 6) is 1.27. The number of rotatable bonds is 9. The van der Waals surface area contributed by atoms with Gasteiger partial charge in [0.1, 0.15) is 12.4 Å². The molecule has 1 N–H and O–H groups in total. The highest BCUT2D eigenvalue weighted by atomic mass is 19.1. The summed E-state index contributed by atoms with van der Waals surface area (Å²) in [5.41, 5.74) is 4.52. The van der Waals surface area contributed by atoms with E-state index >= 15 is 0 Å². The van der Waals surface area contributed by atoms with Crippen LogP contribution in [-0.2, 0) is 19.7 Å². The predicted molar refractivity (Wildman–Crippen MR) is 110 cm³/mol. The number of benzene rings is 3. The van der Waals surface area contributed by atoms with E-state index in [1.54, 1.807) is 12.1 Å². The van der Waals surface area contributed by atoms with Crippen LogP contribution in [0, 0.1) is 12.7 Å². The maximum Gasteiger partial charge on any atom is 0.161 e.